The average molecular weight is 386 g/mol. The first kappa shape index (κ1) is 19.1. The summed E-state index contributed by atoms with van der Waals surface area (Å²) >= 11 is 0. The van der Waals surface area contributed by atoms with E-state index in [0.717, 1.165) is 38.4 Å². The number of hydrogen-bond acceptors (Lipinski definition) is 6. The molecule has 7 heteroatoms. The van der Waals surface area contributed by atoms with E-state index in [9.17, 15) is 9.50 Å². The molecule has 2 unspecified atom stereocenters. The van der Waals surface area contributed by atoms with Crippen LogP contribution in [0.1, 0.15) is 38.4 Å². The molecule has 2 atom stereocenters. The standard InChI is InChI=1S/C21H27FN4O2/c1-14(2)19(27)16-9-15(22)3-4-17(16)28-18-10-24-13-25-20(18)26-8-6-21(12-26)5-7-23-11-21/h3-4,9-10,13-14,19,23,27H,5-8,11-12H2,1-2H3. The number of rotatable bonds is 5. The molecule has 2 aliphatic rings. The lowest BCUT2D eigenvalue weighted by Gasteiger charge is -2.25. The Hall–Kier alpha value is -2.25. The van der Waals surface area contributed by atoms with E-state index >= 15 is 0 Å². The average Bonchev–Trinajstić information content (AvgIpc) is 3.33. The SMILES string of the molecule is CC(C)C(O)c1cc(F)ccc1Oc1cncnc1N1CCC2(CCNC2)C1. The van der Waals surface area contributed by atoms with Crippen molar-refractivity contribution in [2.24, 2.45) is 11.3 Å². The number of aliphatic hydroxyl groups is 1. The van der Waals surface area contributed by atoms with Crippen molar-refractivity contribution in [1.29, 1.82) is 0 Å². The van der Waals surface area contributed by atoms with Gasteiger partial charge in [-0.2, -0.15) is 0 Å². The lowest BCUT2D eigenvalue weighted by atomic mass is 9.87. The molecule has 28 heavy (non-hydrogen) atoms. The van der Waals surface area contributed by atoms with Crippen LogP contribution in [0.5, 0.6) is 11.5 Å². The van der Waals surface area contributed by atoms with E-state index in [2.05, 4.69) is 20.2 Å². The zero-order valence-electron chi connectivity index (χ0n) is 16.4. The lowest BCUT2D eigenvalue weighted by Crippen LogP contribution is -2.29. The van der Waals surface area contributed by atoms with E-state index in [4.69, 9.17) is 4.74 Å². The number of aromatic nitrogens is 2. The van der Waals surface area contributed by atoms with Crippen molar-refractivity contribution in [3.8, 4) is 11.5 Å². The molecule has 2 fully saturated rings. The minimum atomic E-state index is -0.821. The number of aliphatic hydroxyl groups excluding tert-OH is 1. The molecule has 1 aromatic heterocycles. The van der Waals surface area contributed by atoms with Crippen LogP contribution in [0, 0.1) is 17.2 Å². The van der Waals surface area contributed by atoms with Gasteiger partial charge in [0.25, 0.3) is 0 Å². The molecular weight excluding hydrogens is 359 g/mol. The minimum Gasteiger partial charge on any atom is -0.451 e. The molecule has 0 saturated carbocycles. The predicted octanol–water partition coefficient (Wildman–Crippen LogP) is 3.29. The van der Waals surface area contributed by atoms with E-state index in [1.54, 1.807) is 12.3 Å². The first-order valence-corrected chi connectivity index (χ1v) is 9.88. The number of halogens is 1. The highest BCUT2D eigenvalue weighted by Gasteiger charge is 2.41. The third kappa shape index (κ3) is 3.69. The Balaban J connectivity index is 1.62. The lowest BCUT2D eigenvalue weighted by molar-refractivity contribution is 0.124. The Morgan fingerprint density at radius 1 is 1.29 bits per heavy atom. The van der Waals surface area contributed by atoms with Crippen LogP contribution in [0.25, 0.3) is 0 Å². The van der Waals surface area contributed by atoms with Crippen LogP contribution in [0.2, 0.25) is 0 Å². The van der Waals surface area contributed by atoms with Crippen molar-refractivity contribution in [3.63, 3.8) is 0 Å². The van der Waals surface area contributed by atoms with Crippen molar-refractivity contribution in [2.75, 3.05) is 31.1 Å². The number of nitrogens with one attached hydrogen (secondary N) is 1. The van der Waals surface area contributed by atoms with Gasteiger partial charge in [0.05, 0.1) is 12.3 Å². The van der Waals surface area contributed by atoms with E-state index in [0.29, 0.717) is 22.5 Å². The van der Waals surface area contributed by atoms with Crippen molar-refractivity contribution in [3.05, 3.63) is 42.1 Å². The normalized spacial score (nSPS) is 23.0. The topological polar surface area (TPSA) is 70.5 Å². The van der Waals surface area contributed by atoms with Gasteiger partial charge in [0.2, 0.25) is 0 Å². The molecule has 0 aliphatic carbocycles. The van der Waals surface area contributed by atoms with Crippen LogP contribution < -0.4 is 15.0 Å². The van der Waals surface area contributed by atoms with Gasteiger partial charge < -0.3 is 20.1 Å². The Morgan fingerprint density at radius 3 is 2.89 bits per heavy atom. The van der Waals surface area contributed by atoms with Crippen LogP contribution in [-0.2, 0) is 0 Å². The zero-order valence-corrected chi connectivity index (χ0v) is 16.4. The summed E-state index contributed by atoms with van der Waals surface area (Å²) in [5, 5.41) is 14.0. The summed E-state index contributed by atoms with van der Waals surface area (Å²) < 4.78 is 19.9. The molecule has 4 rings (SSSR count). The number of hydrogen-bond donors (Lipinski definition) is 2. The molecule has 0 bridgehead atoms. The highest BCUT2D eigenvalue weighted by Crippen LogP contribution is 2.41. The summed E-state index contributed by atoms with van der Waals surface area (Å²) in [6.07, 6.45) is 4.63. The second kappa shape index (κ2) is 7.64. The van der Waals surface area contributed by atoms with Gasteiger partial charge in [-0.3, -0.25) is 0 Å². The number of ether oxygens (including phenoxy) is 1. The molecule has 1 spiro atoms. The summed E-state index contributed by atoms with van der Waals surface area (Å²) in [4.78, 5) is 10.8. The first-order valence-electron chi connectivity index (χ1n) is 9.88. The van der Waals surface area contributed by atoms with Gasteiger partial charge in [0, 0.05) is 30.6 Å². The molecule has 2 aliphatic heterocycles. The van der Waals surface area contributed by atoms with Gasteiger partial charge in [0.1, 0.15) is 17.9 Å². The van der Waals surface area contributed by atoms with Crippen molar-refractivity contribution in [2.45, 2.75) is 32.8 Å². The number of anilines is 1. The van der Waals surface area contributed by atoms with Crippen LogP contribution in [-0.4, -0.2) is 41.3 Å². The smallest absolute Gasteiger partial charge is 0.188 e. The largest absolute Gasteiger partial charge is 0.451 e. The molecule has 0 radical (unpaired) electrons. The molecule has 2 aromatic rings. The number of benzene rings is 1. The van der Waals surface area contributed by atoms with Crippen LogP contribution in [0.3, 0.4) is 0 Å². The monoisotopic (exact) mass is 386 g/mol. The van der Waals surface area contributed by atoms with Crippen LogP contribution in [0.4, 0.5) is 10.2 Å². The van der Waals surface area contributed by atoms with Gasteiger partial charge in [-0.05, 0) is 43.5 Å². The van der Waals surface area contributed by atoms with Crippen molar-refractivity contribution in [1.82, 2.24) is 15.3 Å². The van der Waals surface area contributed by atoms with E-state index in [-0.39, 0.29) is 5.92 Å². The van der Waals surface area contributed by atoms with Gasteiger partial charge in [-0.1, -0.05) is 13.8 Å². The van der Waals surface area contributed by atoms with Gasteiger partial charge in [-0.15, -0.1) is 0 Å². The Bertz CT molecular complexity index is 839. The highest BCUT2D eigenvalue weighted by atomic mass is 19.1. The van der Waals surface area contributed by atoms with Gasteiger partial charge >= 0.3 is 0 Å². The summed E-state index contributed by atoms with van der Waals surface area (Å²) in [6.45, 7) is 7.71. The maximum absolute atomic E-state index is 13.8. The molecule has 2 N–H and O–H groups in total. The molecule has 0 amide bonds. The molecule has 1 aromatic carbocycles. The van der Waals surface area contributed by atoms with Gasteiger partial charge in [0.15, 0.2) is 11.6 Å². The quantitative estimate of drug-likeness (QED) is 0.822. The zero-order chi connectivity index (χ0) is 19.7. The molecule has 6 nitrogen and oxygen atoms in total. The summed E-state index contributed by atoms with van der Waals surface area (Å²) in [5.41, 5.74) is 0.736. The van der Waals surface area contributed by atoms with Gasteiger partial charge in [-0.25, -0.2) is 14.4 Å². The Kier molecular flexibility index (Phi) is 5.21. The van der Waals surface area contributed by atoms with Crippen LogP contribution >= 0.6 is 0 Å². The summed E-state index contributed by atoms with van der Waals surface area (Å²) in [6, 6.07) is 4.22. The minimum absolute atomic E-state index is 0.0658. The number of nitrogens with zero attached hydrogens (tertiary/aromatic N) is 3. The second-order valence-corrected chi connectivity index (χ2v) is 8.28. The Morgan fingerprint density at radius 2 is 2.14 bits per heavy atom. The molecule has 3 heterocycles. The van der Waals surface area contributed by atoms with E-state index in [1.807, 2.05) is 13.8 Å². The fourth-order valence-electron chi connectivity index (χ4n) is 4.20. The molecular formula is C21H27FN4O2. The van der Waals surface area contributed by atoms with Crippen molar-refractivity contribution < 1.29 is 14.2 Å². The van der Waals surface area contributed by atoms with E-state index in [1.165, 1.54) is 24.9 Å². The fraction of sp³-hybridized carbons (Fsp3) is 0.524. The second-order valence-electron chi connectivity index (χ2n) is 8.28. The third-order valence-corrected chi connectivity index (χ3v) is 5.87. The summed E-state index contributed by atoms with van der Waals surface area (Å²) in [5.74, 6) is 1.23. The third-order valence-electron chi connectivity index (χ3n) is 5.87. The fourth-order valence-corrected chi connectivity index (χ4v) is 4.20. The Labute approximate surface area is 164 Å². The van der Waals surface area contributed by atoms with Crippen molar-refractivity contribution >= 4 is 5.82 Å². The first-order chi connectivity index (χ1) is 13.5. The van der Waals surface area contributed by atoms with Crippen LogP contribution in [0.15, 0.2) is 30.7 Å². The maximum atomic E-state index is 13.8. The molecule has 2 saturated heterocycles. The maximum Gasteiger partial charge on any atom is 0.188 e. The predicted molar refractivity (Wildman–Crippen MR) is 105 cm³/mol. The van der Waals surface area contributed by atoms with E-state index < -0.39 is 11.9 Å². The highest BCUT2D eigenvalue weighted by molar-refractivity contribution is 5.54. The summed E-state index contributed by atoms with van der Waals surface area (Å²) in [7, 11) is 0. The molecule has 150 valence electrons.